The minimum atomic E-state index is 0.200. The van der Waals surface area contributed by atoms with Crippen molar-refractivity contribution >= 4 is 35.3 Å². The van der Waals surface area contributed by atoms with Crippen molar-refractivity contribution in [3.8, 4) is 0 Å². The second-order valence-corrected chi connectivity index (χ2v) is 5.45. The van der Waals surface area contributed by atoms with Crippen LogP contribution in [0, 0.1) is 0 Å². The summed E-state index contributed by atoms with van der Waals surface area (Å²) in [6, 6.07) is 0. The zero-order valence-corrected chi connectivity index (χ0v) is 11.9. The fourth-order valence-corrected chi connectivity index (χ4v) is 2.83. The molecule has 8 heteroatoms. The Kier molecular flexibility index (Phi) is 5.27. The molecule has 0 unspecified atom stereocenters. The molecule has 0 saturated carbocycles. The van der Waals surface area contributed by atoms with Gasteiger partial charge in [0.2, 0.25) is 17.2 Å². The number of nitrogens with zero attached hydrogens (tertiary/aromatic N) is 4. The van der Waals surface area contributed by atoms with Gasteiger partial charge in [-0.3, -0.25) is 4.90 Å². The Morgan fingerprint density at radius 2 is 1.94 bits per heavy atom. The number of hydrogen-bond donors (Lipinski definition) is 2. The maximum absolute atomic E-state index is 5.80. The molecule has 6 nitrogen and oxygen atoms in total. The molecular weight excluding hydrogens is 272 g/mol. The summed E-state index contributed by atoms with van der Waals surface area (Å²) in [5.74, 6) is 3.45. The molecule has 1 saturated heterocycles. The predicted molar refractivity (Wildman–Crippen MR) is 76.6 cm³/mol. The molecule has 0 atom stereocenters. The minimum Gasteiger partial charge on any atom is -0.357 e. The smallest absolute Gasteiger partial charge is 0.228 e. The summed E-state index contributed by atoms with van der Waals surface area (Å²) in [7, 11) is 1.75. The van der Waals surface area contributed by atoms with Crippen molar-refractivity contribution in [1.29, 1.82) is 0 Å². The first-order valence-corrected chi connectivity index (χ1v) is 7.44. The van der Waals surface area contributed by atoms with Crippen LogP contribution in [0.15, 0.2) is 0 Å². The summed E-state index contributed by atoms with van der Waals surface area (Å²) in [5, 5.41) is 6.22. The Morgan fingerprint density at radius 1 is 1.22 bits per heavy atom. The van der Waals surface area contributed by atoms with Gasteiger partial charge in [0.25, 0.3) is 0 Å². The van der Waals surface area contributed by atoms with Crippen LogP contribution in [0.4, 0.5) is 11.9 Å². The molecular formula is C10H17ClN6S. The van der Waals surface area contributed by atoms with E-state index in [-0.39, 0.29) is 5.28 Å². The number of aromatic nitrogens is 3. The number of nitrogens with one attached hydrogen (secondary N) is 2. The molecule has 2 N–H and O–H groups in total. The van der Waals surface area contributed by atoms with Crippen LogP contribution < -0.4 is 10.6 Å². The van der Waals surface area contributed by atoms with Gasteiger partial charge >= 0.3 is 0 Å². The Morgan fingerprint density at radius 3 is 2.67 bits per heavy atom. The minimum absolute atomic E-state index is 0.200. The van der Waals surface area contributed by atoms with Crippen molar-refractivity contribution in [2.24, 2.45) is 0 Å². The molecule has 0 spiro atoms. The molecule has 2 rings (SSSR count). The molecule has 0 radical (unpaired) electrons. The van der Waals surface area contributed by atoms with Gasteiger partial charge in [0.05, 0.1) is 0 Å². The van der Waals surface area contributed by atoms with Gasteiger partial charge in [-0.2, -0.15) is 26.7 Å². The van der Waals surface area contributed by atoms with E-state index in [0.717, 1.165) is 26.2 Å². The Labute approximate surface area is 116 Å². The first-order valence-electron chi connectivity index (χ1n) is 5.91. The monoisotopic (exact) mass is 288 g/mol. The molecule has 1 fully saturated rings. The van der Waals surface area contributed by atoms with Crippen molar-refractivity contribution in [3.63, 3.8) is 0 Å². The lowest BCUT2D eigenvalue weighted by atomic mass is 10.4. The number of rotatable bonds is 5. The Hall–Kier alpha value is -0.790. The average Bonchev–Trinajstić information content (AvgIpc) is 2.39. The van der Waals surface area contributed by atoms with Crippen LogP contribution in [-0.4, -0.2) is 64.6 Å². The zero-order chi connectivity index (χ0) is 12.8. The summed E-state index contributed by atoms with van der Waals surface area (Å²) < 4.78 is 0. The number of hydrogen-bond acceptors (Lipinski definition) is 7. The summed E-state index contributed by atoms with van der Waals surface area (Å²) in [5.41, 5.74) is 0. The van der Waals surface area contributed by atoms with E-state index in [9.17, 15) is 0 Å². The Balaban J connectivity index is 1.80. The SMILES string of the molecule is CNc1nc(Cl)nc(NCCN2CCSCC2)n1. The van der Waals surface area contributed by atoms with E-state index < -0.39 is 0 Å². The summed E-state index contributed by atoms with van der Waals surface area (Å²) in [4.78, 5) is 14.6. The third-order valence-electron chi connectivity index (χ3n) is 2.65. The fraction of sp³-hybridized carbons (Fsp3) is 0.700. The number of halogens is 1. The van der Waals surface area contributed by atoms with Crippen LogP contribution in [-0.2, 0) is 0 Å². The Bertz CT molecular complexity index is 385. The highest BCUT2D eigenvalue weighted by Gasteiger charge is 2.10. The van der Waals surface area contributed by atoms with E-state index in [0.29, 0.717) is 11.9 Å². The van der Waals surface area contributed by atoms with E-state index in [2.05, 4.69) is 30.5 Å². The molecule has 0 amide bonds. The summed E-state index contributed by atoms with van der Waals surface area (Å²) in [6.45, 7) is 4.13. The standard InChI is InChI=1S/C10H17ClN6S/c1-12-9-14-8(11)15-10(16-9)13-2-3-17-4-6-18-7-5-17/h2-7H2,1H3,(H2,12,13,14,15,16). The molecule has 18 heavy (non-hydrogen) atoms. The van der Waals surface area contributed by atoms with Crippen molar-refractivity contribution in [2.75, 3.05) is 55.4 Å². The molecule has 0 aliphatic carbocycles. The van der Waals surface area contributed by atoms with E-state index in [1.807, 2.05) is 11.8 Å². The van der Waals surface area contributed by atoms with Crippen LogP contribution in [0.5, 0.6) is 0 Å². The summed E-state index contributed by atoms with van der Waals surface area (Å²) in [6.07, 6.45) is 0. The lowest BCUT2D eigenvalue weighted by Gasteiger charge is -2.25. The molecule has 0 bridgehead atoms. The quantitative estimate of drug-likeness (QED) is 0.839. The molecule has 1 aromatic rings. The van der Waals surface area contributed by atoms with Crippen LogP contribution in [0.2, 0.25) is 5.28 Å². The third-order valence-corrected chi connectivity index (χ3v) is 3.76. The van der Waals surface area contributed by atoms with Crippen molar-refractivity contribution in [1.82, 2.24) is 19.9 Å². The van der Waals surface area contributed by atoms with Crippen molar-refractivity contribution < 1.29 is 0 Å². The second-order valence-electron chi connectivity index (χ2n) is 3.88. The van der Waals surface area contributed by atoms with Crippen LogP contribution in [0.1, 0.15) is 0 Å². The van der Waals surface area contributed by atoms with E-state index in [1.54, 1.807) is 7.05 Å². The van der Waals surface area contributed by atoms with Crippen LogP contribution in [0.25, 0.3) is 0 Å². The summed E-state index contributed by atoms with van der Waals surface area (Å²) >= 11 is 7.82. The first kappa shape index (κ1) is 13.6. The predicted octanol–water partition coefficient (Wildman–Crippen LogP) is 1.03. The number of thioether (sulfide) groups is 1. The van der Waals surface area contributed by atoms with Crippen molar-refractivity contribution in [3.05, 3.63) is 5.28 Å². The molecule has 1 aliphatic heterocycles. The normalized spacial score (nSPS) is 16.6. The van der Waals surface area contributed by atoms with Gasteiger partial charge in [-0.1, -0.05) is 0 Å². The van der Waals surface area contributed by atoms with Gasteiger partial charge < -0.3 is 10.6 Å². The average molecular weight is 289 g/mol. The first-order chi connectivity index (χ1) is 8.78. The van der Waals surface area contributed by atoms with Gasteiger partial charge in [-0.25, -0.2) is 0 Å². The molecule has 0 aromatic carbocycles. The highest BCUT2D eigenvalue weighted by molar-refractivity contribution is 7.99. The fourth-order valence-electron chi connectivity index (χ4n) is 1.69. The van der Waals surface area contributed by atoms with E-state index in [4.69, 9.17) is 11.6 Å². The van der Waals surface area contributed by atoms with Gasteiger partial charge in [0.15, 0.2) is 0 Å². The van der Waals surface area contributed by atoms with Gasteiger partial charge in [-0.15, -0.1) is 0 Å². The lowest BCUT2D eigenvalue weighted by molar-refractivity contribution is 0.314. The maximum Gasteiger partial charge on any atom is 0.228 e. The van der Waals surface area contributed by atoms with Crippen LogP contribution in [0.3, 0.4) is 0 Å². The van der Waals surface area contributed by atoms with Crippen molar-refractivity contribution in [2.45, 2.75) is 0 Å². The highest BCUT2D eigenvalue weighted by atomic mass is 35.5. The maximum atomic E-state index is 5.80. The highest BCUT2D eigenvalue weighted by Crippen LogP contribution is 2.10. The van der Waals surface area contributed by atoms with Gasteiger partial charge in [-0.05, 0) is 11.6 Å². The molecule has 100 valence electrons. The largest absolute Gasteiger partial charge is 0.357 e. The lowest BCUT2D eigenvalue weighted by Crippen LogP contribution is -2.36. The van der Waals surface area contributed by atoms with E-state index in [1.165, 1.54) is 11.5 Å². The second kappa shape index (κ2) is 6.96. The van der Waals surface area contributed by atoms with Crippen LogP contribution >= 0.6 is 23.4 Å². The van der Waals surface area contributed by atoms with Gasteiger partial charge in [0.1, 0.15) is 0 Å². The van der Waals surface area contributed by atoms with E-state index >= 15 is 0 Å². The topological polar surface area (TPSA) is 66.0 Å². The third kappa shape index (κ3) is 4.15. The molecule has 1 aliphatic rings. The van der Waals surface area contributed by atoms with Gasteiger partial charge in [0, 0.05) is 44.7 Å². The molecule has 1 aromatic heterocycles. The molecule has 2 heterocycles. The number of anilines is 2. The zero-order valence-electron chi connectivity index (χ0n) is 10.3.